The van der Waals surface area contributed by atoms with Crippen molar-refractivity contribution in [1.82, 2.24) is 10.6 Å². The maximum Gasteiger partial charge on any atom is 0.338 e. The number of esters is 1. The van der Waals surface area contributed by atoms with Gasteiger partial charge in [0, 0.05) is 12.1 Å². The fourth-order valence-electron chi connectivity index (χ4n) is 2.66. The molecule has 0 bridgehead atoms. The molecule has 0 saturated carbocycles. The third-order valence-electron chi connectivity index (χ3n) is 3.48. The van der Waals surface area contributed by atoms with Gasteiger partial charge in [-0.15, -0.1) is 0 Å². The fraction of sp³-hybridized carbons (Fsp3) is 0.333. The van der Waals surface area contributed by atoms with E-state index in [9.17, 15) is 9.59 Å². The van der Waals surface area contributed by atoms with Gasteiger partial charge in [-0.25, -0.2) is 9.59 Å². The van der Waals surface area contributed by atoms with E-state index in [4.69, 9.17) is 4.74 Å². The second-order valence-corrected chi connectivity index (χ2v) is 5.66. The molecule has 2 amide bonds. The van der Waals surface area contributed by atoms with Crippen molar-refractivity contribution in [1.29, 1.82) is 0 Å². The van der Waals surface area contributed by atoms with Crippen LogP contribution in [-0.2, 0) is 9.53 Å². The Bertz CT molecular complexity index is 605. The minimum Gasteiger partial charge on any atom is -0.456 e. The lowest BCUT2D eigenvalue weighted by molar-refractivity contribution is -0.154. The van der Waals surface area contributed by atoms with Gasteiger partial charge < -0.3 is 15.4 Å². The Morgan fingerprint density at radius 2 is 1.90 bits per heavy atom. The van der Waals surface area contributed by atoms with Crippen LogP contribution in [-0.4, -0.2) is 17.6 Å². The fourth-order valence-corrected chi connectivity index (χ4v) is 2.66. The van der Waals surface area contributed by atoms with Gasteiger partial charge in [-0.3, -0.25) is 0 Å². The Balaban J connectivity index is 2.07. The lowest BCUT2D eigenvalue weighted by Gasteiger charge is -2.38. The van der Waals surface area contributed by atoms with E-state index in [1.54, 1.807) is 0 Å². The van der Waals surface area contributed by atoms with Gasteiger partial charge in [0.2, 0.25) is 0 Å². The summed E-state index contributed by atoms with van der Waals surface area (Å²) in [5.41, 5.74) is 1.42. The number of benzene rings is 1. The highest BCUT2D eigenvalue weighted by Crippen LogP contribution is 2.36. The van der Waals surface area contributed by atoms with E-state index in [2.05, 4.69) is 10.6 Å². The molecule has 0 saturated heterocycles. The number of urea groups is 1. The van der Waals surface area contributed by atoms with Crippen LogP contribution in [0.15, 0.2) is 41.6 Å². The molecule has 5 heteroatoms. The highest BCUT2D eigenvalue weighted by Gasteiger charge is 2.41. The maximum absolute atomic E-state index is 12.3. The monoisotopic (exact) mass is 272 g/mol. The summed E-state index contributed by atoms with van der Waals surface area (Å²) >= 11 is 0. The molecule has 1 aromatic rings. The zero-order valence-corrected chi connectivity index (χ0v) is 11.4. The van der Waals surface area contributed by atoms with Crippen molar-refractivity contribution in [2.24, 2.45) is 0 Å². The number of hydrogen-bond acceptors (Lipinski definition) is 3. The molecular formula is C15H16N2O3. The lowest BCUT2D eigenvalue weighted by atomic mass is 9.88. The van der Waals surface area contributed by atoms with Crippen LogP contribution in [0.25, 0.3) is 0 Å². The number of carbonyl (C=O) groups excluding carboxylic acids is 2. The molecule has 1 unspecified atom stereocenters. The van der Waals surface area contributed by atoms with Crippen LogP contribution in [0, 0.1) is 0 Å². The molecule has 0 fully saturated rings. The zero-order valence-electron chi connectivity index (χ0n) is 11.4. The van der Waals surface area contributed by atoms with Crippen molar-refractivity contribution in [2.45, 2.75) is 31.9 Å². The normalized spacial score (nSPS) is 24.4. The predicted molar refractivity (Wildman–Crippen MR) is 72.7 cm³/mol. The first kappa shape index (κ1) is 12.7. The number of rotatable bonds is 1. The van der Waals surface area contributed by atoms with E-state index >= 15 is 0 Å². The Labute approximate surface area is 117 Å². The average Bonchev–Trinajstić information content (AvgIpc) is 2.36. The third kappa shape index (κ3) is 2.15. The van der Waals surface area contributed by atoms with Gasteiger partial charge in [0.25, 0.3) is 0 Å². The molecule has 0 spiro atoms. The lowest BCUT2D eigenvalue weighted by Crippen LogP contribution is -2.50. The van der Waals surface area contributed by atoms with Gasteiger partial charge >= 0.3 is 12.0 Å². The number of cyclic esters (lactones) is 1. The number of ether oxygens (including phenoxy) is 1. The third-order valence-corrected chi connectivity index (χ3v) is 3.48. The molecule has 2 N–H and O–H groups in total. The van der Waals surface area contributed by atoms with Gasteiger partial charge in [-0.1, -0.05) is 30.3 Å². The van der Waals surface area contributed by atoms with Gasteiger partial charge in [0.15, 0.2) is 0 Å². The number of nitrogens with one attached hydrogen (secondary N) is 2. The van der Waals surface area contributed by atoms with Crippen LogP contribution in [0.1, 0.15) is 31.9 Å². The van der Waals surface area contributed by atoms with Crippen LogP contribution in [0.4, 0.5) is 4.79 Å². The zero-order chi connectivity index (χ0) is 14.3. The van der Waals surface area contributed by atoms with E-state index in [1.165, 1.54) is 0 Å². The first-order valence-electron chi connectivity index (χ1n) is 6.55. The second-order valence-electron chi connectivity index (χ2n) is 5.66. The summed E-state index contributed by atoms with van der Waals surface area (Å²) in [6.07, 6.45) is 0.505. The van der Waals surface area contributed by atoms with Crippen molar-refractivity contribution in [3.05, 3.63) is 47.2 Å². The van der Waals surface area contributed by atoms with Crippen molar-refractivity contribution < 1.29 is 14.3 Å². The standard InChI is InChI=1S/C15H16N2O3/c1-15(2)8-10-11(13(18)20-15)12(17-14(19)16-10)9-6-4-3-5-7-9/h3-7,12H,8H2,1-2H3,(H2,16,17,19). The largest absolute Gasteiger partial charge is 0.456 e. The summed E-state index contributed by atoms with van der Waals surface area (Å²) in [5.74, 6) is -0.377. The van der Waals surface area contributed by atoms with E-state index < -0.39 is 11.6 Å². The smallest absolute Gasteiger partial charge is 0.338 e. The first-order valence-corrected chi connectivity index (χ1v) is 6.55. The number of carbonyl (C=O) groups is 2. The Morgan fingerprint density at radius 3 is 2.60 bits per heavy atom. The molecule has 1 atom stereocenters. The van der Waals surface area contributed by atoms with E-state index in [-0.39, 0.29) is 12.0 Å². The van der Waals surface area contributed by atoms with Crippen molar-refractivity contribution in [3.8, 4) is 0 Å². The molecule has 3 rings (SSSR count). The first-order chi connectivity index (χ1) is 9.46. The Morgan fingerprint density at radius 1 is 1.20 bits per heavy atom. The van der Waals surface area contributed by atoms with Crippen LogP contribution in [0.3, 0.4) is 0 Å². The summed E-state index contributed by atoms with van der Waals surface area (Å²) in [5, 5.41) is 5.51. The van der Waals surface area contributed by atoms with Crippen LogP contribution < -0.4 is 10.6 Å². The molecule has 2 aliphatic rings. The van der Waals surface area contributed by atoms with Crippen LogP contribution in [0.5, 0.6) is 0 Å². The Kier molecular flexibility index (Phi) is 2.78. The molecular weight excluding hydrogens is 256 g/mol. The molecule has 104 valence electrons. The summed E-state index contributed by atoms with van der Waals surface area (Å²) in [6.45, 7) is 3.67. The highest BCUT2D eigenvalue weighted by atomic mass is 16.6. The predicted octanol–water partition coefficient (Wildman–Crippen LogP) is 2.02. The maximum atomic E-state index is 12.3. The quantitative estimate of drug-likeness (QED) is 0.769. The van der Waals surface area contributed by atoms with Gasteiger partial charge in [0.05, 0.1) is 11.6 Å². The van der Waals surface area contributed by atoms with Crippen LogP contribution >= 0.6 is 0 Å². The highest BCUT2D eigenvalue weighted by molar-refractivity contribution is 5.96. The van der Waals surface area contributed by atoms with Crippen molar-refractivity contribution in [3.63, 3.8) is 0 Å². The number of hydrogen-bond donors (Lipinski definition) is 2. The Hall–Kier alpha value is -2.30. The topological polar surface area (TPSA) is 67.4 Å². The molecule has 0 aromatic heterocycles. The molecule has 20 heavy (non-hydrogen) atoms. The molecule has 5 nitrogen and oxygen atoms in total. The van der Waals surface area contributed by atoms with Crippen molar-refractivity contribution in [2.75, 3.05) is 0 Å². The van der Waals surface area contributed by atoms with Gasteiger partial charge in [-0.2, -0.15) is 0 Å². The van der Waals surface area contributed by atoms with Gasteiger partial charge in [-0.05, 0) is 19.4 Å². The average molecular weight is 272 g/mol. The number of amides is 2. The minimum absolute atomic E-state index is 0.289. The van der Waals surface area contributed by atoms with Gasteiger partial charge in [0.1, 0.15) is 5.60 Å². The summed E-state index contributed by atoms with van der Waals surface area (Å²) in [6, 6.07) is 8.67. The molecule has 0 radical (unpaired) electrons. The molecule has 0 aliphatic carbocycles. The second kappa shape index (κ2) is 4.37. The van der Waals surface area contributed by atoms with E-state index in [0.29, 0.717) is 17.7 Å². The van der Waals surface area contributed by atoms with E-state index in [1.807, 2.05) is 44.2 Å². The summed E-state index contributed by atoms with van der Waals surface area (Å²) in [7, 11) is 0. The SMILES string of the molecule is CC1(C)CC2=C(C(=O)O1)C(c1ccccc1)NC(=O)N2. The van der Waals surface area contributed by atoms with Crippen LogP contribution in [0.2, 0.25) is 0 Å². The molecule has 2 heterocycles. The van der Waals surface area contributed by atoms with Crippen molar-refractivity contribution >= 4 is 12.0 Å². The molecule has 2 aliphatic heterocycles. The minimum atomic E-state index is -0.595. The summed E-state index contributed by atoms with van der Waals surface area (Å²) < 4.78 is 5.44. The summed E-state index contributed by atoms with van der Waals surface area (Å²) in [4.78, 5) is 24.1. The molecule has 1 aromatic carbocycles. The van der Waals surface area contributed by atoms with E-state index in [0.717, 1.165) is 5.56 Å².